The van der Waals surface area contributed by atoms with E-state index in [4.69, 9.17) is 4.42 Å². The summed E-state index contributed by atoms with van der Waals surface area (Å²) in [5.74, 6) is 0.274. The zero-order valence-electron chi connectivity index (χ0n) is 12.6. The average molecular weight is 289 g/mol. The number of nitro benzene ring substituents is 1. The number of hydrogen-bond donors (Lipinski definition) is 1. The van der Waals surface area contributed by atoms with Gasteiger partial charge < -0.3 is 9.73 Å². The third kappa shape index (κ3) is 3.88. The molecular weight excluding hydrogens is 270 g/mol. The molecule has 0 spiro atoms. The first kappa shape index (κ1) is 15.2. The maximum atomic E-state index is 11.1. The van der Waals surface area contributed by atoms with E-state index in [1.54, 1.807) is 12.1 Å². The fourth-order valence-electron chi connectivity index (χ4n) is 1.85. The molecule has 2 aromatic rings. The van der Waals surface area contributed by atoms with Gasteiger partial charge >= 0.3 is 0 Å². The quantitative estimate of drug-likeness (QED) is 0.688. The van der Waals surface area contributed by atoms with Crippen LogP contribution < -0.4 is 5.32 Å². The predicted molar refractivity (Wildman–Crippen MR) is 79.9 cm³/mol. The van der Waals surface area contributed by atoms with Crippen LogP contribution in [0.3, 0.4) is 0 Å². The van der Waals surface area contributed by atoms with Crippen molar-refractivity contribution in [3.8, 4) is 11.5 Å². The Morgan fingerprint density at radius 2 is 2.10 bits per heavy atom. The molecule has 2 rings (SSSR count). The Bertz CT molecular complexity index is 656. The molecule has 0 aliphatic carbocycles. The van der Waals surface area contributed by atoms with E-state index in [1.165, 1.54) is 12.3 Å². The molecule has 0 aliphatic heterocycles. The zero-order valence-corrected chi connectivity index (χ0v) is 12.6. The first-order valence-corrected chi connectivity index (χ1v) is 6.71. The van der Waals surface area contributed by atoms with Crippen LogP contribution in [0, 0.1) is 17.0 Å². The van der Waals surface area contributed by atoms with E-state index >= 15 is 0 Å². The number of oxazole rings is 1. The van der Waals surface area contributed by atoms with Crippen molar-refractivity contribution in [3.63, 3.8) is 0 Å². The summed E-state index contributed by atoms with van der Waals surface area (Å²) in [6.07, 6.45) is 1.53. The van der Waals surface area contributed by atoms with Gasteiger partial charge in [-0.2, -0.15) is 0 Å². The minimum Gasteiger partial charge on any atom is -0.444 e. The van der Waals surface area contributed by atoms with Crippen molar-refractivity contribution >= 4 is 5.69 Å². The molecule has 1 N–H and O–H groups in total. The number of benzene rings is 1. The first-order valence-electron chi connectivity index (χ1n) is 6.71. The highest BCUT2D eigenvalue weighted by Crippen LogP contribution is 2.30. The normalized spacial score (nSPS) is 11.6. The van der Waals surface area contributed by atoms with Crippen LogP contribution in [0.15, 0.2) is 28.9 Å². The second kappa shape index (κ2) is 5.65. The van der Waals surface area contributed by atoms with Gasteiger partial charge in [0.25, 0.3) is 5.69 Å². The monoisotopic (exact) mass is 289 g/mol. The molecule has 21 heavy (non-hydrogen) atoms. The summed E-state index contributed by atoms with van der Waals surface area (Å²) in [4.78, 5) is 15.0. The minimum atomic E-state index is -0.425. The van der Waals surface area contributed by atoms with E-state index < -0.39 is 4.92 Å². The summed E-state index contributed by atoms with van der Waals surface area (Å²) in [7, 11) is 0. The van der Waals surface area contributed by atoms with Crippen LogP contribution in [0.5, 0.6) is 0 Å². The molecule has 1 aromatic carbocycles. The van der Waals surface area contributed by atoms with Gasteiger partial charge in [-0.05, 0) is 39.3 Å². The highest BCUT2D eigenvalue weighted by Gasteiger charge is 2.20. The maximum Gasteiger partial charge on any atom is 0.282 e. The summed E-state index contributed by atoms with van der Waals surface area (Å²) in [5.41, 5.74) is 2.01. The van der Waals surface area contributed by atoms with Crippen molar-refractivity contribution in [2.45, 2.75) is 39.8 Å². The molecule has 0 fully saturated rings. The fraction of sp³-hybridized carbons (Fsp3) is 0.400. The Hall–Kier alpha value is -2.21. The lowest BCUT2D eigenvalue weighted by Gasteiger charge is -2.19. The van der Waals surface area contributed by atoms with Crippen molar-refractivity contribution in [2.75, 3.05) is 0 Å². The van der Waals surface area contributed by atoms with Crippen LogP contribution in [0.1, 0.15) is 32.0 Å². The van der Waals surface area contributed by atoms with Crippen molar-refractivity contribution in [1.82, 2.24) is 10.3 Å². The van der Waals surface area contributed by atoms with Crippen LogP contribution in [-0.4, -0.2) is 15.4 Å². The minimum absolute atomic E-state index is 0.00206. The third-order valence-electron chi connectivity index (χ3n) is 2.93. The van der Waals surface area contributed by atoms with E-state index in [1.807, 2.05) is 6.92 Å². The van der Waals surface area contributed by atoms with Crippen molar-refractivity contribution in [3.05, 3.63) is 45.8 Å². The zero-order chi connectivity index (χ0) is 15.6. The third-order valence-corrected chi connectivity index (χ3v) is 2.93. The number of rotatable bonds is 4. The van der Waals surface area contributed by atoms with Gasteiger partial charge in [-0.25, -0.2) is 4.98 Å². The molecule has 0 amide bonds. The molecule has 1 aromatic heterocycles. The van der Waals surface area contributed by atoms with E-state index in [0.29, 0.717) is 12.1 Å². The Morgan fingerprint density at radius 1 is 1.38 bits per heavy atom. The molecule has 0 saturated carbocycles. The smallest absolute Gasteiger partial charge is 0.282 e. The number of nitrogens with zero attached hydrogens (tertiary/aromatic N) is 2. The van der Waals surface area contributed by atoms with Gasteiger partial charge in [0.2, 0.25) is 5.89 Å². The molecule has 0 radical (unpaired) electrons. The Balaban J connectivity index is 2.29. The topological polar surface area (TPSA) is 81.2 Å². The molecule has 0 atom stereocenters. The van der Waals surface area contributed by atoms with Crippen LogP contribution in [0.4, 0.5) is 5.69 Å². The summed E-state index contributed by atoms with van der Waals surface area (Å²) < 4.78 is 5.41. The highest BCUT2D eigenvalue weighted by molar-refractivity contribution is 5.67. The first-order chi connectivity index (χ1) is 9.76. The van der Waals surface area contributed by atoms with Gasteiger partial charge in [-0.3, -0.25) is 10.1 Å². The summed E-state index contributed by atoms with van der Waals surface area (Å²) in [6, 6.07) is 4.89. The summed E-state index contributed by atoms with van der Waals surface area (Å²) in [5, 5.41) is 14.4. The van der Waals surface area contributed by atoms with Crippen molar-refractivity contribution in [2.24, 2.45) is 0 Å². The standard InChI is InChI=1S/C15H19N3O3/c1-10-5-6-13(18(19)20)12(7-10)14-17-11(9-21-14)8-16-15(2,3)4/h5-7,9,16H,8H2,1-4H3. The average Bonchev–Trinajstić information content (AvgIpc) is 2.83. The molecule has 0 bridgehead atoms. The van der Waals surface area contributed by atoms with Crippen LogP contribution in [0.2, 0.25) is 0 Å². The largest absolute Gasteiger partial charge is 0.444 e. The molecule has 0 unspecified atom stereocenters. The van der Waals surface area contributed by atoms with E-state index in [-0.39, 0.29) is 17.1 Å². The Kier molecular flexibility index (Phi) is 4.09. The van der Waals surface area contributed by atoms with Gasteiger partial charge in [0, 0.05) is 18.2 Å². The lowest BCUT2D eigenvalue weighted by atomic mass is 10.1. The van der Waals surface area contributed by atoms with Crippen molar-refractivity contribution < 1.29 is 9.34 Å². The number of hydrogen-bond acceptors (Lipinski definition) is 5. The van der Waals surface area contributed by atoms with Gasteiger partial charge in [0.05, 0.1) is 10.6 Å². The lowest BCUT2D eigenvalue weighted by molar-refractivity contribution is -0.384. The van der Waals surface area contributed by atoms with Gasteiger partial charge in [-0.15, -0.1) is 0 Å². The van der Waals surface area contributed by atoms with Crippen LogP contribution >= 0.6 is 0 Å². The predicted octanol–water partition coefficient (Wildman–Crippen LogP) is 3.45. The molecular formula is C15H19N3O3. The molecule has 112 valence electrons. The van der Waals surface area contributed by atoms with Gasteiger partial charge in [0.1, 0.15) is 11.8 Å². The Morgan fingerprint density at radius 3 is 2.71 bits per heavy atom. The van der Waals surface area contributed by atoms with Crippen molar-refractivity contribution in [1.29, 1.82) is 0 Å². The fourth-order valence-corrected chi connectivity index (χ4v) is 1.85. The molecule has 0 aliphatic rings. The van der Waals surface area contributed by atoms with Gasteiger partial charge in [-0.1, -0.05) is 6.07 Å². The second-order valence-corrected chi connectivity index (χ2v) is 6.03. The van der Waals surface area contributed by atoms with Crippen LogP contribution in [0.25, 0.3) is 11.5 Å². The SMILES string of the molecule is Cc1ccc([N+](=O)[O-])c(-c2nc(CNC(C)(C)C)co2)c1. The Labute approximate surface area is 123 Å². The number of aromatic nitrogens is 1. The van der Waals surface area contributed by atoms with E-state index in [9.17, 15) is 10.1 Å². The van der Waals surface area contributed by atoms with E-state index in [2.05, 4.69) is 31.1 Å². The molecule has 1 heterocycles. The molecule has 6 heteroatoms. The summed E-state index contributed by atoms with van der Waals surface area (Å²) in [6.45, 7) is 8.59. The lowest BCUT2D eigenvalue weighted by Crippen LogP contribution is -2.35. The number of aryl methyl sites for hydroxylation is 1. The van der Waals surface area contributed by atoms with Crippen LogP contribution in [-0.2, 0) is 6.54 Å². The molecule has 0 saturated heterocycles. The number of nitrogens with one attached hydrogen (secondary N) is 1. The second-order valence-electron chi connectivity index (χ2n) is 6.03. The maximum absolute atomic E-state index is 11.1. The van der Waals surface area contributed by atoms with E-state index in [0.717, 1.165) is 11.3 Å². The molecule has 6 nitrogen and oxygen atoms in total. The highest BCUT2D eigenvalue weighted by atomic mass is 16.6. The summed E-state index contributed by atoms with van der Waals surface area (Å²) >= 11 is 0. The number of nitro groups is 1. The van der Waals surface area contributed by atoms with Gasteiger partial charge in [0.15, 0.2) is 0 Å².